The van der Waals surface area contributed by atoms with Crippen molar-refractivity contribution in [1.29, 1.82) is 0 Å². The van der Waals surface area contributed by atoms with Crippen molar-refractivity contribution in [2.45, 2.75) is 20.5 Å². The fourth-order valence-corrected chi connectivity index (χ4v) is 2.06. The first kappa shape index (κ1) is 14.5. The van der Waals surface area contributed by atoms with E-state index < -0.39 is 0 Å². The largest absolute Gasteiger partial charge is 0.470 e. The number of rotatable bonds is 4. The molecule has 3 aromatic rings. The lowest BCUT2D eigenvalue weighted by Gasteiger charge is -2.08. The van der Waals surface area contributed by atoms with Gasteiger partial charge in [0, 0.05) is 6.07 Å². The number of halogens is 1. The molecule has 0 saturated carbocycles. The number of nitrogens with zero attached hydrogens (tertiary/aromatic N) is 5. The van der Waals surface area contributed by atoms with Gasteiger partial charge in [-0.3, -0.25) is 0 Å². The van der Waals surface area contributed by atoms with Crippen molar-refractivity contribution >= 4 is 11.6 Å². The molecule has 2 aromatic heterocycles. The highest BCUT2D eigenvalue weighted by molar-refractivity contribution is 6.29. The zero-order chi connectivity index (χ0) is 15.5. The third-order valence-corrected chi connectivity index (χ3v) is 3.40. The van der Waals surface area contributed by atoms with E-state index in [1.54, 1.807) is 16.8 Å². The fourth-order valence-electron chi connectivity index (χ4n) is 1.96. The molecule has 0 radical (unpaired) electrons. The third kappa shape index (κ3) is 3.07. The molecular weight excluding hydrogens is 302 g/mol. The smallest absolute Gasteiger partial charge is 0.233 e. The molecule has 3 rings (SSSR count). The van der Waals surface area contributed by atoms with Crippen molar-refractivity contribution < 1.29 is 4.74 Å². The van der Waals surface area contributed by atoms with Crippen molar-refractivity contribution in [3.8, 4) is 11.6 Å². The summed E-state index contributed by atoms with van der Waals surface area (Å²) in [5.41, 5.74) is 3.80. The van der Waals surface area contributed by atoms with E-state index in [1.165, 1.54) is 5.56 Å². The molecule has 0 atom stereocenters. The Balaban J connectivity index is 1.83. The van der Waals surface area contributed by atoms with Gasteiger partial charge in [0.2, 0.25) is 5.88 Å². The molecule has 0 saturated heterocycles. The maximum absolute atomic E-state index is 5.70. The van der Waals surface area contributed by atoms with Gasteiger partial charge in [0.15, 0.2) is 5.15 Å². The van der Waals surface area contributed by atoms with Crippen LogP contribution in [0.15, 0.2) is 36.4 Å². The number of hydrogen-bond donors (Lipinski definition) is 0. The maximum Gasteiger partial charge on any atom is 0.233 e. The summed E-state index contributed by atoms with van der Waals surface area (Å²) < 4.78 is 7.40. The van der Waals surface area contributed by atoms with Crippen LogP contribution in [0.4, 0.5) is 0 Å². The van der Waals surface area contributed by atoms with Gasteiger partial charge in [-0.25, -0.2) is 4.68 Å². The summed E-state index contributed by atoms with van der Waals surface area (Å²) >= 11 is 5.70. The lowest BCUT2D eigenvalue weighted by atomic mass is 10.2. The van der Waals surface area contributed by atoms with Gasteiger partial charge in [-0.2, -0.15) is 0 Å². The lowest BCUT2D eigenvalue weighted by Crippen LogP contribution is -2.07. The Kier molecular flexibility index (Phi) is 4.02. The van der Waals surface area contributed by atoms with Crippen LogP contribution in [0.3, 0.4) is 0 Å². The molecule has 0 N–H and O–H groups in total. The Bertz CT molecular complexity index is 768. The standard InChI is InChI=1S/C15H14ClN5O/c1-10-3-5-12(6-4-10)21-13(11(2)17-20-21)9-22-15-8-7-14(16)18-19-15/h3-8H,9H2,1-2H3. The van der Waals surface area contributed by atoms with Crippen molar-refractivity contribution in [3.05, 3.63) is 58.5 Å². The van der Waals surface area contributed by atoms with E-state index in [1.807, 2.05) is 38.1 Å². The molecule has 2 heterocycles. The van der Waals surface area contributed by atoms with Crippen LogP contribution >= 0.6 is 11.6 Å². The van der Waals surface area contributed by atoms with Crippen molar-refractivity contribution in [2.75, 3.05) is 0 Å². The molecule has 0 bridgehead atoms. The summed E-state index contributed by atoms with van der Waals surface area (Å²) in [6.07, 6.45) is 0. The molecule has 0 amide bonds. The summed E-state index contributed by atoms with van der Waals surface area (Å²) in [7, 11) is 0. The summed E-state index contributed by atoms with van der Waals surface area (Å²) in [5.74, 6) is 0.403. The summed E-state index contributed by atoms with van der Waals surface area (Å²) in [6.45, 7) is 4.23. The Morgan fingerprint density at radius 3 is 2.45 bits per heavy atom. The van der Waals surface area contributed by atoms with Crippen LogP contribution in [-0.4, -0.2) is 25.2 Å². The molecule has 0 aliphatic heterocycles. The lowest BCUT2D eigenvalue weighted by molar-refractivity contribution is 0.281. The van der Waals surface area contributed by atoms with Crippen LogP contribution in [0.5, 0.6) is 5.88 Å². The molecule has 7 heteroatoms. The Morgan fingerprint density at radius 2 is 1.77 bits per heavy atom. The molecule has 0 fully saturated rings. The van der Waals surface area contributed by atoms with Crippen LogP contribution < -0.4 is 4.74 Å². The van der Waals surface area contributed by atoms with Gasteiger partial charge in [0.05, 0.1) is 11.4 Å². The fraction of sp³-hybridized carbons (Fsp3) is 0.200. The number of aromatic nitrogens is 5. The summed E-state index contributed by atoms with van der Waals surface area (Å²) in [6, 6.07) is 11.4. The van der Waals surface area contributed by atoms with Gasteiger partial charge in [0.25, 0.3) is 0 Å². The minimum absolute atomic E-state index is 0.295. The first-order valence-electron chi connectivity index (χ1n) is 6.74. The van der Waals surface area contributed by atoms with Crippen LogP contribution in [0, 0.1) is 13.8 Å². The van der Waals surface area contributed by atoms with Crippen LogP contribution in [-0.2, 0) is 6.61 Å². The zero-order valence-corrected chi connectivity index (χ0v) is 12.9. The van der Waals surface area contributed by atoms with E-state index in [4.69, 9.17) is 16.3 Å². The van der Waals surface area contributed by atoms with Gasteiger partial charge in [-0.05, 0) is 32.0 Å². The van der Waals surface area contributed by atoms with E-state index in [9.17, 15) is 0 Å². The third-order valence-electron chi connectivity index (χ3n) is 3.20. The van der Waals surface area contributed by atoms with E-state index >= 15 is 0 Å². The number of ether oxygens (including phenoxy) is 1. The van der Waals surface area contributed by atoms with Crippen molar-refractivity contribution in [3.63, 3.8) is 0 Å². The second-order valence-electron chi connectivity index (χ2n) is 4.85. The molecule has 22 heavy (non-hydrogen) atoms. The topological polar surface area (TPSA) is 65.7 Å². The van der Waals surface area contributed by atoms with E-state index in [0.29, 0.717) is 17.6 Å². The van der Waals surface area contributed by atoms with E-state index in [2.05, 4.69) is 20.5 Å². The predicted octanol–water partition coefficient (Wildman–Crippen LogP) is 2.91. The maximum atomic E-state index is 5.70. The first-order valence-corrected chi connectivity index (χ1v) is 7.11. The van der Waals surface area contributed by atoms with Crippen LogP contribution in [0.1, 0.15) is 17.0 Å². The molecule has 0 spiro atoms. The van der Waals surface area contributed by atoms with Gasteiger partial charge < -0.3 is 4.74 Å². The quantitative estimate of drug-likeness (QED) is 0.740. The van der Waals surface area contributed by atoms with Gasteiger partial charge >= 0.3 is 0 Å². The Hall–Kier alpha value is -2.47. The summed E-state index contributed by atoms with van der Waals surface area (Å²) in [4.78, 5) is 0. The van der Waals surface area contributed by atoms with Crippen LogP contribution in [0.2, 0.25) is 5.15 Å². The van der Waals surface area contributed by atoms with Gasteiger partial charge in [-0.15, -0.1) is 15.3 Å². The minimum atomic E-state index is 0.295. The second-order valence-corrected chi connectivity index (χ2v) is 5.24. The highest BCUT2D eigenvalue weighted by Gasteiger charge is 2.12. The Morgan fingerprint density at radius 1 is 1.00 bits per heavy atom. The molecule has 0 unspecified atom stereocenters. The second kappa shape index (κ2) is 6.11. The number of hydrogen-bond acceptors (Lipinski definition) is 5. The zero-order valence-electron chi connectivity index (χ0n) is 12.2. The van der Waals surface area contributed by atoms with E-state index in [-0.39, 0.29) is 0 Å². The summed E-state index contributed by atoms with van der Waals surface area (Å²) in [5, 5.41) is 16.2. The first-order chi connectivity index (χ1) is 10.6. The Labute approximate surface area is 132 Å². The average molecular weight is 316 g/mol. The SMILES string of the molecule is Cc1ccc(-n2nnc(C)c2COc2ccc(Cl)nn2)cc1. The van der Waals surface area contributed by atoms with Crippen molar-refractivity contribution in [2.24, 2.45) is 0 Å². The molecular formula is C15H14ClN5O. The highest BCUT2D eigenvalue weighted by atomic mass is 35.5. The minimum Gasteiger partial charge on any atom is -0.470 e. The molecule has 0 aliphatic rings. The predicted molar refractivity (Wildman–Crippen MR) is 82.2 cm³/mol. The highest BCUT2D eigenvalue weighted by Crippen LogP contribution is 2.16. The van der Waals surface area contributed by atoms with Crippen LogP contribution in [0.25, 0.3) is 5.69 Å². The van der Waals surface area contributed by atoms with E-state index in [0.717, 1.165) is 17.1 Å². The van der Waals surface area contributed by atoms with Gasteiger partial charge in [-0.1, -0.05) is 34.5 Å². The number of benzene rings is 1. The monoisotopic (exact) mass is 315 g/mol. The van der Waals surface area contributed by atoms with Crippen molar-refractivity contribution in [1.82, 2.24) is 25.2 Å². The normalized spacial score (nSPS) is 10.7. The molecule has 0 aliphatic carbocycles. The average Bonchev–Trinajstić information content (AvgIpc) is 2.89. The molecule has 112 valence electrons. The molecule has 6 nitrogen and oxygen atoms in total. The molecule has 1 aromatic carbocycles. The van der Waals surface area contributed by atoms with Gasteiger partial charge in [0.1, 0.15) is 12.3 Å². The number of aryl methyl sites for hydroxylation is 2.